The molecule has 1 unspecified atom stereocenters. The summed E-state index contributed by atoms with van der Waals surface area (Å²) >= 11 is 0. The number of hydrogen-bond acceptors (Lipinski definition) is 4. The van der Waals surface area contributed by atoms with Crippen molar-refractivity contribution in [1.82, 2.24) is 10.2 Å². The van der Waals surface area contributed by atoms with E-state index in [4.69, 9.17) is 9.47 Å². The van der Waals surface area contributed by atoms with Crippen LogP contribution in [0, 0.1) is 5.92 Å². The minimum atomic E-state index is -0.418. The second kappa shape index (κ2) is 6.76. The van der Waals surface area contributed by atoms with Gasteiger partial charge in [0, 0.05) is 32.3 Å². The largest absolute Gasteiger partial charge is 0.444 e. The molecule has 5 nitrogen and oxygen atoms in total. The van der Waals surface area contributed by atoms with Crippen LogP contribution in [0.3, 0.4) is 0 Å². The van der Waals surface area contributed by atoms with Crippen molar-refractivity contribution in [2.24, 2.45) is 5.92 Å². The molecule has 20 heavy (non-hydrogen) atoms. The molecule has 1 aliphatic carbocycles. The lowest BCUT2D eigenvalue weighted by atomic mass is 10.1. The van der Waals surface area contributed by atoms with Gasteiger partial charge in [0.05, 0.1) is 6.61 Å². The zero-order valence-corrected chi connectivity index (χ0v) is 13.0. The van der Waals surface area contributed by atoms with Gasteiger partial charge in [-0.25, -0.2) is 4.79 Å². The quantitative estimate of drug-likeness (QED) is 0.758. The minimum Gasteiger partial charge on any atom is -0.444 e. The zero-order valence-electron chi connectivity index (χ0n) is 13.0. The molecule has 1 N–H and O–H groups in total. The van der Waals surface area contributed by atoms with Crippen LogP contribution in [0.5, 0.6) is 0 Å². The minimum absolute atomic E-state index is 0.175. The van der Waals surface area contributed by atoms with E-state index in [0.717, 1.165) is 52.1 Å². The molecular formula is C15H28N2O3. The molecule has 5 heteroatoms. The number of ether oxygens (including phenoxy) is 2. The smallest absolute Gasteiger partial charge is 0.410 e. The van der Waals surface area contributed by atoms with Gasteiger partial charge >= 0.3 is 6.09 Å². The van der Waals surface area contributed by atoms with Gasteiger partial charge in [0.25, 0.3) is 0 Å². The number of nitrogens with one attached hydrogen (secondary N) is 1. The molecule has 0 aromatic carbocycles. The highest BCUT2D eigenvalue weighted by atomic mass is 16.6. The highest BCUT2D eigenvalue weighted by molar-refractivity contribution is 5.69. The first kappa shape index (κ1) is 15.6. The van der Waals surface area contributed by atoms with Crippen LogP contribution in [-0.4, -0.2) is 55.5 Å². The average molecular weight is 284 g/mol. The highest BCUT2D eigenvalue weighted by Gasteiger charge is 2.34. The summed E-state index contributed by atoms with van der Waals surface area (Å²) in [7, 11) is 0. The molecule has 1 amide bonds. The highest BCUT2D eigenvalue weighted by Crippen LogP contribution is 2.28. The fraction of sp³-hybridized carbons (Fsp3) is 0.933. The van der Waals surface area contributed by atoms with Gasteiger partial charge in [0.1, 0.15) is 5.60 Å². The molecule has 1 aliphatic heterocycles. The first-order valence-electron chi connectivity index (χ1n) is 7.74. The van der Waals surface area contributed by atoms with E-state index in [2.05, 4.69) is 5.32 Å². The van der Waals surface area contributed by atoms with E-state index in [0.29, 0.717) is 12.0 Å². The maximum absolute atomic E-state index is 12.1. The first-order valence-corrected chi connectivity index (χ1v) is 7.74. The summed E-state index contributed by atoms with van der Waals surface area (Å²) in [5.41, 5.74) is -0.418. The Bertz CT molecular complexity index is 318. The number of carbonyl (C=O) groups is 1. The maximum atomic E-state index is 12.1. The van der Waals surface area contributed by atoms with E-state index in [1.54, 1.807) is 0 Å². The van der Waals surface area contributed by atoms with E-state index in [-0.39, 0.29) is 6.09 Å². The molecule has 1 saturated carbocycles. The van der Waals surface area contributed by atoms with E-state index in [1.807, 2.05) is 25.7 Å². The number of carbonyl (C=O) groups excluding carboxylic acids is 1. The van der Waals surface area contributed by atoms with E-state index in [1.165, 1.54) is 0 Å². The predicted molar refractivity (Wildman–Crippen MR) is 77.8 cm³/mol. The summed E-state index contributed by atoms with van der Waals surface area (Å²) < 4.78 is 10.8. The second-order valence-electron chi connectivity index (χ2n) is 6.84. The van der Waals surface area contributed by atoms with Crippen LogP contribution in [0.4, 0.5) is 4.79 Å². The fourth-order valence-electron chi connectivity index (χ4n) is 2.38. The number of nitrogens with zero attached hydrogens (tertiary/aromatic N) is 1. The summed E-state index contributed by atoms with van der Waals surface area (Å²) in [6.07, 6.45) is 3.18. The van der Waals surface area contributed by atoms with Crippen molar-refractivity contribution in [3.05, 3.63) is 0 Å². The van der Waals surface area contributed by atoms with Gasteiger partial charge in [-0.1, -0.05) is 0 Å². The normalized spacial score (nSPS) is 22.9. The van der Waals surface area contributed by atoms with Crippen LogP contribution >= 0.6 is 0 Å². The Morgan fingerprint density at radius 3 is 2.65 bits per heavy atom. The Morgan fingerprint density at radius 2 is 2.10 bits per heavy atom. The number of hydrogen-bond donors (Lipinski definition) is 1. The van der Waals surface area contributed by atoms with Crippen molar-refractivity contribution < 1.29 is 14.3 Å². The monoisotopic (exact) mass is 284 g/mol. The first-order chi connectivity index (χ1) is 9.46. The molecule has 2 fully saturated rings. The molecule has 1 saturated heterocycles. The average Bonchev–Trinajstić information content (AvgIpc) is 3.03. The summed E-state index contributed by atoms with van der Waals surface area (Å²) in [5.74, 6) is 0.630. The third kappa shape index (κ3) is 5.29. The summed E-state index contributed by atoms with van der Waals surface area (Å²) in [5, 5.41) is 3.43. The number of amides is 1. The lowest BCUT2D eigenvalue weighted by molar-refractivity contribution is 0.0235. The molecule has 0 aromatic heterocycles. The maximum Gasteiger partial charge on any atom is 0.410 e. The van der Waals surface area contributed by atoms with Gasteiger partial charge < -0.3 is 19.7 Å². The van der Waals surface area contributed by atoms with Gasteiger partial charge in [-0.15, -0.1) is 0 Å². The molecule has 0 bridgehead atoms. The lowest BCUT2D eigenvalue weighted by Crippen LogP contribution is -2.42. The fourth-order valence-corrected chi connectivity index (χ4v) is 2.38. The lowest BCUT2D eigenvalue weighted by Gasteiger charge is -2.27. The molecule has 0 radical (unpaired) electrons. The summed E-state index contributed by atoms with van der Waals surface area (Å²) in [6, 6.07) is 0.390. The van der Waals surface area contributed by atoms with Crippen molar-refractivity contribution in [3.63, 3.8) is 0 Å². The van der Waals surface area contributed by atoms with Crippen LogP contribution in [0.1, 0.15) is 40.0 Å². The van der Waals surface area contributed by atoms with Gasteiger partial charge in [0.2, 0.25) is 0 Å². The molecule has 1 heterocycles. The Morgan fingerprint density at radius 1 is 1.35 bits per heavy atom. The molecule has 0 spiro atoms. The molecule has 2 rings (SSSR count). The van der Waals surface area contributed by atoms with Crippen LogP contribution in [0.15, 0.2) is 0 Å². The summed E-state index contributed by atoms with van der Waals surface area (Å²) in [4.78, 5) is 14.0. The third-order valence-corrected chi connectivity index (χ3v) is 3.60. The van der Waals surface area contributed by atoms with Crippen LogP contribution in [0.25, 0.3) is 0 Å². The summed E-state index contributed by atoms with van der Waals surface area (Å²) in [6.45, 7) is 10.0. The second-order valence-corrected chi connectivity index (χ2v) is 6.84. The van der Waals surface area contributed by atoms with Gasteiger partial charge in [-0.05, 0) is 46.0 Å². The SMILES string of the molecule is CC(C)(C)OC(=O)N(CCNCC1CCOC1)C1CC1. The van der Waals surface area contributed by atoms with Gasteiger partial charge in [-0.3, -0.25) is 0 Å². The Labute approximate surface area is 122 Å². The number of rotatable bonds is 6. The van der Waals surface area contributed by atoms with Crippen LogP contribution in [0.2, 0.25) is 0 Å². The standard InChI is InChI=1S/C15H28N2O3/c1-15(2,3)20-14(18)17(13-4-5-13)8-7-16-10-12-6-9-19-11-12/h12-13,16H,4-11H2,1-3H3. The topological polar surface area (TPSA) is 50.8 Å². The van der Waals surface area contributed by atoms with Crippen molar-refractivity contribution in [2.45, 2.75) is 51.7 Å². The van der Waals surface area contributed by atoms with Gasteiger partial charge in [0.15, 0.2) is 0 Å². The van der Waals surface area contributed by atoms with Crippen molar-refractivity contribution in [3.8, 4) is 0 Å². The third-order valence-electron chi connectivity index (χ3n) is 3.60. The van der Waals surface area contributed by atoms with E-state index < -0.39 is 5.60 Å². The van der Waals surface area contributed by atoms with Crippen LogP contribution < -0.4 is 5.32 Å². The van der Waals surface area contributed by atoms with E-state index in [9.17, 15) is 4.79 Å². The Kier molecular flexibility index (Phi) is 5.27. The molecule has 116 valence electrons. The molecule has 2 aliphatic rings. The molecular weight excluding hydrogens is 256 g/mol. The van der Waals surface area contributed by atoms with E-state index >= 15 is 0 Å². The van der Waals surface area contributed by atoms with Crippen molar-refractivity contribution >= 4 is 6.09 Å². The van der Waals surface area contributed by atoms with Crippen molar-refractivity contribution in [1.29, 1.82) is 0 Å². The van der Waals surface area contributed by atoms with Gasteiger partial charge in [-0.2, -0.15) is 0 Å². The predicted octanol–water partition coefficient (Wildman–Crippen LogP) is 2.01. The molecule has 0 aromatic rings. The zero-order chi connectivity index (χ0) is 14.6. The molecule has 1 atom stereocenters. The van der Waals surface area contributed by atoms with Crippen LogP contribution in [-0.2, 0) is 9.47 Å². The Hall–Kier alpha value is -0.810. The van der Waals surface area contributed by atoms with Crippen molar-refractivity contribution in [2.75, 3.05) is 32.8 Å². The Balaban J connectivity index is 1.68.